The Morgan fingerprint density at radius 2 is 2.36 bits per heavy atom. The van der Waals surface area contributed by atoms with Crippen LogP contribution in [0.4, 0.5) is 10.5 Å². The van der Waals surface area contributed by atoms with Gasteiger partial charge >= 0.3 is 6.03 Å². The smallest absolute Gasteiger partial charge is 0.322 e. The summed E-state index contributed by atoms with van der Waals surface area (Å²) >= 11 is 1.67. The zero-order valence-electron chi connectivity index (χ0n) is 12.9. The van der Waals surface area contributed by atoms with E-state index in [-0.39, 0.29) is 18.7 Å². The van der Waals surface area contributed by atoms with Crippen molar-refractivity contribution < 1.29 is 9.90 Å². The highest BCUT2D eigenvalue weighted by atomic mass is 32.1. The molecule has 118 valence electrons. The summed E-state index contributed by atoms with van der Waals surface area (Å²) in [5.74, 6) is 0.408. The number of nitrogens with one attached hydrogen (secondary N) is 1. The molecule has 2 aromatic rings. The first kappa shape index (κ1) is 15.2. The number of rotatable bonds is 3. The Bertz CT molecular complexity index is 683. The molecule has 2 heterocycles. The fourth-order valence-electron chi connectivity index (χ4n) is 2.76. The Morgan fingerprint density at radius 1 is 1.55 bits per heavy atom. The van der Waals surface area contributed by atoms with Crippen molar-refractivity contribution in [3.05, 3.63) is 23.2 Å². The van der Waals surface area contributed by atoms with E-state index in [1.54, 1.807) is 16.2 Å². The fourth-order valence-corrected chi connectivity index (χ4v) is 3.76. The highest BCUT2D eigenvalue weighted by Gasteiger charge is 2.28. The van der Waals surface area contributed by atoms with E-state index in [4.69, 9.17) is 0 Å². The predicted molar refractivity (Wildman–Crippen MR) is 89.5 cm³/mol. The first-order chi connectivity index (χ1) is 10.6. The van der Waals surface area contributed by atoms with Crippen molar-refractivity contribution in [1.82, 2.24) is 9.88 Å². The van der Waals surface area contributed by atoms with Gasteiger partial charge in [0.2, 0.25) is 0 Å². The van der Waals surface area contributed by atoms with Crippen LogP contribution in [-0.2, 0) is 0 Å². The van der Waals surface area contributed by atoms with Crippen molar-refractivity contribution in [2.75, 3.05) is 18.5 Å². The molecule has 0 bridgehead atoms. The average Bonchev–Trinajstić information content (AvgIpc) is 3.12. The first-order valence-electron chi connectivity index (χ1n) is 7.67. The molecule has 0 unspecified atom stereocenters. The van der Waals surface area contributed by atoms with Gasteiger partial charge < -0.3 is 15.3 Å². The molecule has 0 saturated carbocycles. The Kier molecular flexibility index (Phi) is 4.31. The van der Waals surface area contributed by atoms with E-state index in [0.29, 0.717) is 12.5 Å². The number of urea groups is 1. The summed E-state index contributed by atoms with van der Waals surface area (Å²) in [4.78, 5) is 18.6. The molecule has 1 saturated heterocycles. The second-order valence-electron chi connectivity index (χ2n) is 5.99. The van der Waals surface area contributed by atoms with Gasteiger partial charge in [0.1, 0.15) is 0 Å². The number of aromatic nitrogens is 1. The number of benzene rings is 1. The van der Waals surface area contributed by atoms with E-state index >= 15 is 0 Å². The lowest BCUT2D eigenvalue weighted by atomic mass is 10.2. The Balaban J connectivity index is 1.77. The number of hydrogen-bond acceptors (Lipinski definition) is 4. The number of likely N-dealkylation sites (tertiary alicyclic amines) is 1. The van der Waals surface area contributed by atoms with Crippen LogP contribution < -0.4 is 5.32 Å². The molecule has 2 N–H and O–H groups in total. The average molecular weight is 319 g/mol. The summed E-state index contributed by atoms with van der Waals surface area (Å²) in [7, 11) is 0. The van der Waals surface area contributed by atoms with Crippen molar-refractivity contribution in [3.63, 3.8) is 0 Å². The predicted octanol–water partition coefficient (Wildman–Crippen LogP) is 3.41. The Labute approximate surface area is 134 Å². The number of aliphatic hydroxyl groups excluding tert-OH is 1. The number of carbonyl (C=O) groups is 1. The van der Waals surface area contributed by atoms with Gasteiger partial charge in [-0.2, -0.15) is 0 Å². The van der Waals surface area contributed by atoms with Crippen LogP contribution in [0.1, 0.15) is 37.6 Å². The first-order valence-corrected chi connectivity index (χ1v) is 8.49. The van der Waals surface area contributed by atoms with Gasteiger partial charge in [0.15, 0.2) is 0 Å². The maximum absolute atomic E-state index is 12.3. The van der Waals surface area contributed by atoms with Crippen molar-refractivity contribution in [1.29, 1.82) is 0 Å². The van der Waals surface area contributed by atoms with Gasteiger partial charge in [0, 0.05) is 18.2 Å². The van der Waals surface area contributed by atoms with E-state index in [1.165, 1.54) is 0 Å². The third-order valence-electron chi connectivity index (χ3n) is 4.00. The van der Waals surface area contributed by atoms with E-state index in [9.17, 15) is 9.90 Å². The minimum atomic E-state index is -0.135. The van der Waals surface area contributed by atoms with Crippen LogP contribution in [0.5, 0.6) is 0 Å². The number of carbonyl (C=O) groups excluding carboxylic acids is 1. The monoisotopic (exact) mass is 319 g/mol. The molecular formula is C16H21N3O2S. The van der Waals surface area contributed by atoms with Gasteiger partial charge in [-0.05, 0) is 31.0 Å². The van der Waals surface area contributed by atoms with Crippen molar-refractivity contribution in [2.45, 2.75) is 38.6 Å². The summed E-state index contributed by atoms with van der Waals surface area (Å²) < 4.78 is 1.08. The zero-order valence-corrected chi connectivity index (χ0v) is 13.7. The number of hydrogen-bond donors (Lipinski definition) is 2. The molecule has 6 heteroatoms. The van der Waals surface area contributed by atoms with Crippen LogP contribution in [-0.4, -0.2) is 40.2 Å². The van der Waals surface area contributed by atoms with Gasteiger partial charge in [0.25, 0.3) is 0 Å². The maximum Gasteiger partial charge on any atom is 0.322 e. The molecule has 0 radical (unpaired) electrons. The normalized spacial score (nSPS) is 18.4. The molecule has 1 atom stereocenters. The van der Waals surface area contributed by atoms with E-state index in [1.807, 2.05) is 18.2 Å². The number of nitrogens with zero attached hydrogens (tertiary/aromatic N) is 2. The van der Waals surface area contributed by atoms with Crippen molar-refractivity contribution >= 4 is 33.3 Å². The number of thiazole rings is 1. The molecule has 2 amide bonds. The van der Waals surface area contributed by atoms with Gasteiger partial charge in [-0.15, -0.1) is 11.3 Å². The highest BCUT2D eigenvalue weighted by molar-refractivity contribution is 7.18. The minimum absolute atomic E-state index is 0.0268. The topological polar surface area (TPSA) is 65.5 Å². The van der Waals surface area contributed by atoms with Crippen LogP contribution in [0.2, 0.25) is 0 Å². The molecule has 5 nitrogen and oxygen atoms in total. The van der Waals surface area contributed by atoms with Crippen LogP contribution in [0.3, 0.4) is 0 Å². The minimum Gasteiger partial charge on any atom is -0.394 e. The number of anilines is 1. The van der Waals surface area contributed by atoms with Gasteiger partial charge in [-0.3, -0.25) is 0 Å². The van der Waals surface area contributed by atoms with Crippen LogP contribution in [0, 0.1) is 0 Å². The maximum atomic E-state index is 12.3. The molecule has 1 aliphatic heterocycles. The summed E-state index contributed by atoms with van der Waals surface area (Å²) in [5, 5.41) is 13.4. The van der Waals surface area contributed by atoms with Gasteiger partial charge in [-0.1, -0.05) is 13.8 Å². The SMILES string of the molecule is CC(C)c1nc2ccc(NC(=O)N3CCC[C@H]3CO)cc2s1. The molecule has 3 rings (SSSR count). The van der Waals surface area contributed by atoms with Gasteiger partial charge in [-0.25, -0.2) is 9.78 Å². The van der Waals surface area contributed by atoms with E-state index < -0.39 is 0 Å². The molecule has 1 aliphatic rings. The lowest BCUT2D eigenvalue weighted by Crippen LogP contribution is -2.40. The summed E-state index contributed by atoms with van der Waals surface area (Å²) in [6.07, 6.45) is 1.82. The third-order valence-corrected chi connectivity index (χ3v) is 5.32. The van der Waals surface area contributed by atoms with Crippen molar-refractivity contribution in [2.24, 2.45) is 0 Å². The van der Waals surface area contributed by atoms with Crippen LogP contribution in [0.15, 0.2) is 18.2 Å². The number of fused-ring (bicyclic) bond motifs is 1. The lowest BCUT2D eigenvalue weighted by molar-refractivity contribution is 0.166. The highest BCUT2D eigenvalue weighted by Crippen LogP contribution is 2.29. The largest absolute Gasteiger partial charge is 0.394 e. The summed E-state index contributed by atoms with van der Waals surface area (Å²) in [6, 6.07) is 5.61. The third kappa shape index (κ3) is 2.94. The van der Waals surface area contributed by atoms with Crippen molar-refractivity contribution in [3.8, 4) is 0 Å². The fraction of sp³-hybridized carbons (Fsp3) is 0.500. The second-order valence-corrected chi connectivity index (χ2v) is 7.05. The molecular weight excluding hydrogens is 298 g/mol. The second kappa shape index (κ2) is 6.22. The molecule has 1 aromatic carbocycles. The molecule has 0 aliphatic carbocycles. The standard InChI is InChI=1S/C16H21N3O2S/c1-10(2)15-18-13-6-5-11(8-14(13)22-15)17-16(21)19-7-3-4-12(19)9-20/h5-6,8,10,12,20H,3-4,7,9H2,1-2H3,(H,17,21)/t12-/m0/s1. The number of aliphatic hydroxyl groups is 1. The lowest BCUT2D eigenvalue weighted by Gasteiger charge is -2.23. The van der Waals surface area contributed by atoms with Gasteiger partial charge in [0.05, 0.1) is 27.9 Å². The molecule has 1 aromatic heterocycles. The van der Waals surface area contributed by atoms with Crippen LogP contribution >= 0.6 is 11.3 Å². The van der Waals surface area contributed by atoms with E-state index in [2.05, 4.69) is 24.1 Å². The molecule has 0 spiro atoms. The van der Waals surface area contributed by atoms with Crippen LogP contribution in [0.25, 0.3) is 10.2 Å². The quantitative estimate of drug-likeness (QED) is 0.911. The van der Waals surface area contributed by atoms with E-state index in [0.717, 1.165) is 33.8 Å². The molecule has 22 heavy (non-hydrogen) atoms. The zero-order chi connectivity index (χ0) is 15.7. The number of amides is 2. The Hall–Kier alpha value is -1.66. The summed E-state index contributed by atoms with van der Waals surface area (Å²) in [5.41, 5.74) is 1.75. The molecule has 1 fully saturated rings. The summed E-state index contributed by atoms with van der Waals surface area (Å²) in [6.45, 7) is 4.99. The Morgan fingerprint density at radius 3 is 3.09 bits per heavy atom.